The fourth-order valence-electron chi connectivity index (χ4n) is 7.17. The molecule has 0 saturated heterocycles. The summed E-state index contributed by atoms with van der Waals surface area (Å²) in [6.45, 7) is 9.13. The largest absolute Gasteiger partial charge is 0.355 e. The second-order valence-electron chi connectivity index (χ2n) is 14.6. The van der Waals surface area contributed by atoms with Crippen molar-refractivity contribution in [2.24, 2.45) is 4.99 Å². The minimum absolute atomic E-state index is 0.478. The Morgan fingerprint density at radius 1 is 0.500 bits per heavy atom. The lowest BCUT2D eigenvalue weighted by atomic mass is 10.0. The molecule has 1 rings (SSSR count). The number of hydrogen-bond donors (Lipinski definition) is 1. The van der Waals surface area contributed by atoms with Crippen molar-refractivity contribution in [3.8, 4) is 0 Å². The number of thiol groups is 1. The van der Waals surface area contributed by atoms with Crippen molar-refractivity contribution in [1.82, 2.24) is 4.90 Å². The molecule has 0 fully saturated rings. The normalized spacial score (nSPS) is 14.8. The van der Waals surface area contributed by atoms with Gasteiger partial charge in [-0.05, 0) is 19.8 Å². The molecule has 2 unspecified atom stereocenters. The Hall–Kier alpha value is -0.180. The Morgan fingerprint density at radius 3 is 1.18 bits per heavy atom. The molecule has 0 amide bonds. The van der Waals surface area contributed by atoms with Crippen LogP contribution in [0.15, 0.2) is 4.99 Å². The summed E-state index contributed by atoms with van der Waals surface area (Å²) in [4.78, 5) is 7.52. The third-order valence-corrected chi connectivity index (χ3v) is 11.1. The average molecular weight is 635 g/mol. The van der Waals surface area contributed by atoms with Gasteiger partial charge in [-0.15, -0.1) is 0 Å². The van der Waals surface area contributed by atoms with Gasteiger partial charge in [0.2, 0.25) is 0 Å². The molecule has 3 heteroatoms. The van der Waals surface area contributed by atoms with Gasteiger partial charge in [-0.1, -0.05) is 206 Å². The standard InChI is InChI=1S/C41H82N2S/c1-4-6-8-10-12-14-16-18-20-22-24-26-28-30-32-34-36-41-42-37-38-43(41)39(3)40(44)35-33-31-29-27-25-23-21-19-17-15-13-11-9-7-5-2/h39-40,44H,4-38H2,1-3H3. The van der Waals surface area contributed by atoms with Crippen molar-refractivity contribution >= 4 is 18.5 Å². The van der Waals surface area contributed by atoms with Crippen molar-refractivity contribution < 1.29 is 0 Å². The summed E-state index contributed by atoms with van der Waals surface area (Å²) in [5, 5.41) is 0.478. The van der Waals surface area contributed by atoms with Crippen molar-refractivity contribution in [2.45, 2.75) is 244 Å². The Balaban J connectivity index is 1.92. The Kier molecular flexibility index (Phi) is 31.1. The lowest BCUT2D eigenvalue weighted by Crippen LogP contribution is -2.41. The molecular weight excluding hydrogens is 553 g/mol. The van der Waals surface area contributed by atoms with E-state index in [1.807, 2.05) is 0 Å². The Labute approximate surface area is 284 Å². The molecule has 1 aliphatic rings. The highest BCUT2D eigenvalue weighted by Crippen LogP contribution is 2.23. The Bertz CT molecular complexity index is 605. The third-order valence-electron chi connectivity index (χ3n) is 10.4. The quantitative estimate of drug-likeness (QED) is 0.0541. The first-order valence-corrected chi connectivity index (χ1v) is 21.2. The first kappa shape index (κ1) is 41.8. The first-order chi connectivity index (χ1) is 21.7. The van der Waals surface area contributed by atoms with Crippen LogP contribution in [-0.2, 0) is 0 Å². The first-order valence-electron chi connectivity index (χ1n) is 20.7. The summed E-state index contributed by atoms with van der Waals surface area (Å²) in [7, 11) is 0. The lowest BCUT2D eigenvalue weighted by molar-refractivity contribution is 0.332. The van der Waals surface area contributed by atoms with Crippen molar-refractivity contribution in [3.05, 3.63) is 0 Å². The second-order valence-corrected chi connectivity index (χ2v) is 15.3. The van der Waals surface area contributed by atoms with Gasteiger partial charge in [-0.3, -0.25) is 4.99 Å². The molecule has 1 aliphatic heterocycles. The number of rotatable bonds is 35. The van der Waals surface area contributed by atoms with Crippen LogP contribution in [0.5, 0.6) is 0 Å². The lowest BCUT2D eigenvalue weighted by Gasteiger charge is -2.32. The monoisotopic (exact) mass is 635 g/mol. The predicted octanol–water partition coefficient (Wildman–Crippen LogP) is 14.3. The van der Waals surface area contributed by atoms with Crippen LogP contribution in [0.2, 0.25) is 0 Å². The van der Waals surface area contributed by atoms with E-state index >= 15 is 0 Å². The van der Waals surface area contributed by atoms with Gasteiger partial charge < -0.3 is 4.90 Å². The highest BCUT2D eigenvalue weighted by atomic mass is 32.1. The van der Waals surface area contributed by atoms with Crippen LogP contribution in [0.1, 0.15) is 233 Å². The predicted molar refractivity (Wildman–Crippen MR) is 205 cm³/mol. The maximum atomic E-state index is 5.07. The van der Waals surface area contributed by atoms with Crippen molar-refractivity contribution in [1.29, 1.82) is 0 Å². The van der Waals surface area contributed by atoms with Crippen LogP contribution in [0, 0.1) is 0 Å². The van der Waals surface area contributed by atoms with Crippen LogP contribution in [-0.4, -0.2) is 35.1 Å². The molecule has 0 N–H and O–H groups in total. The summed E-state index contributed by atoms with van der Waals surface area (Å²) >= 11 is 5.07. The van der Waals surface area contributed by atoms with Gasteiger partial charge in [0.15, 0.2) is 0 Å². The van der Waals surface area contributed by atoms with Crippen LogP contribution < -0.4 is 0 Å². The zero-order chi connectivity index (χ0) is 31.8. The van der Waals surface area contributed by atoms with Crippen LogP contribution in [0.3, 0.4) is 0 Å². The molecule has 0 radical (unpaired) electrons. The van der Waals surface area contributed by atoms with Gasteiger partial charge in [-0.2, -0.15) is 12.6 Å². The van der Waals surface area contributed by atoms with Crippen molar-refractivity contribution in [2.75, 3.05) is 13.1 Å². The molecule has 0 aliphatic carbocycles. The molecular formula is C41H82N2S. The van der Waals surface area contributed by atoms with Gasteiger partial charge in [-0.25, -0.2) is 0 Å². The van der Waals surface area contributed by atoms with Crippen LogP contribution in [0.25, 0.3) is 0 Å². The molecule has 1 heterocycles. The highest BCUT2D eigenvalue weighted by molar-refractivity contribution is 7.81. The summed E-state index contributed by atoms with van der Waals surface area (Å²) < 4.78 is 0. The molecule has 2 atom stereocenters. The SMILES string of the molecule is CCCCCCCCCCCCCCCCCCC1=NCCN1C(C)C(S)CCCCCCCCCCCCCCCCC. The molecule has 0 aromatic carbocycles. The van der Waals surface area contributed by atoms with E-state index in [0.717, 1.165) is 13.1 Å². The fraction of sp³-hybridized carbons (Fsp3) is 0.976. The summed E-state index contributed by atoms with van der Waals surface area (Å²) in [5.41, 5.74) is 0. The van der Waals surface area contributed by atoms with Gasteiger partial charge >= 0.3 is 0 Å². The maximum absolute atomic E-state index is 5.07. The van der Waals surface area contributed by atoms with Gasteiger partial charge in [0.05, 0.1) is 12.4 Å². The molecule has 262 valence electrons. The molecule has 44 heavy (non-hydrogen) atoms. The van der Waals surface area contributed by atoms with E-state index in [1.54, 1.807) is 0 Å². The van der Waals surface area contributed by atoms with E-state index in [0.29, 0.717) is 11.3 Å². The number of nitrogens with zero attached hydrogens (tertiary/aromatic N) is 2. The fourth-order valence-corrected chi connectivity index (χ4v) is 7.52. The van der Waals surface area contributed by atoms with Gasteiger partial charge in [0, 0.05) is 24.3 Å². The average Bonchev–Trinajstić information content (AvgIpc) is 3.50. The van der Waals surface area contributed by atoms with E-state index in [1.165, 1.54) is 218 Å². The van der Waals surface area contributed by atoms with E-state index in [-0.39, 0.29) is 0 Å². The topological polar surface area (TPSA) is 15.6 Å². The molecule has 0 spiro atoms. The molecule has 0 saturated carbocycles. The van der Waals surface area contributed by atoms with E-state index in [2.05, 4.69) is 25.7 Å². The molecule has 2 nitrogen and oxygen atoms in total. The van der Waals surface area contributed by atoms with Gasteiger partial charge in [0.1, 0.15) is 0 Å². The van der Waals surface area contributed by atoms with E-state index < -0.39 is 0 Å². The third kappa shape index (κ3) is 25.0. The molecule has 0 aromatic heterocycles. The minimum Gasteiger partial charge on any atom is -0.355 e. The van der Waals surface area contributed by atoms with Crippen LogP contribution in [0.4, 0.5) is 0 Å². The smallest absolute Gasteiger partial charge is 0.0993 e. The summed E-state index contributed by atoms with van der Waals surface area (Å²) in [6.07, 6.45) is 47.0. The number of hydrogen-bond acceptors (Lipinski definition) is 3. The number of unbranched alkanes of at least 4 members (excludes halogenated alkanes) is 29. The zero-order valence-corrected chi connectivity index (χ0v) is 31.6. The van der Waals surface area contributed by atoms with Crippen LogP contribution >= 0.6 is 12.6 Å². The minimum atomic E-state index is 0.478. The Morgan fingerprint density at radius 2 is 0.818 bits per heavy atom. The molecule has 0 aromatic rings. The van der Waals surface area contributed by atoms with E-state index in [9.17, 15) is 0 Å². The maximum Gasteiger partial charge on any atom is 0.0993 e. The second kappa shape index (κ2) is 32.7. The zero-order valence-electron chi connectivity index (χ0n) is 30.7. The van der Waals surface area contributed by atoms with Crippen molar-refractivity contribution in [3.63, 3.8) is 0 Å². The molecule has 0 bridgehead atoms. The summed E-state index contributed by atoms with van der Waals surface area (Å²) in [5.74, 6) is 1.39. The number of aliphatic imine (C=N–C) groups is 1. The van der Waals surface area contributed by atoms with Gasteiger partial charge in [0.25, 0.3) is 0 Å². The highest BCUT2D eigenvalue weighted by Gasteiger charge is 2.26. The van der Waals surface area contributed by atoms with E-state index in [4.69, 9.17) is 17.6 Å². The number of amidine groups is 1. The summed E-state index contributed by atoms with van der Waals surface area (Å²) in [6, 6.07) is 0.521.